The van der Waals surface area contributed by atoms with Crippen molar-refractivity contribution in [3.05, 3.63) is 0 Å². The molecule has 4 nitrogen and oxygen atoms in total. The summed E-state index contributed by atoms with van der Waals surface area (Å²) in [5.74, 6) is 5.07. The molecule has 78 valence electrons. The zero-order valence-corrected chi connectivity index (χ0v) is 8.41. The summed E-state index contributed by atoms with van der Waals surface area (Å²) in [6, 6.07) is 0. The lowest BCUT2D eigenvalue weighted by Gasteiger charge is -2.25. The van der Waals surface area contributed by atoms with Crippen LogP contribution in [0, 0.1) is 5.41 Å². The van der Waals surface area contributed by atoms with Crippen LogP contribution < -0.4 is 5.90 Å². The van der Waals surface area contributed by atoms with Gasteiger partial charge in [-0.3, -0.25) is 0 Å². The van der Waals surface area contributed by atoms with E-state index >= 15 is 0 Å². The van der Waals surface area contributed by atoms with E-state index < -0.39 is 0 Å². The molecule has 1 fully saturated rings. The summed E-state index contributed by atoms with van der Waals surface area (Å²) in [6.45, 7) is 5.78. The van der Waals surface area contributed by atoms with Gasteiger partial charge in [-0.05, 0) is 26.7 Å². The van der Waals surface area contributed by atoms with Gasteiger partial charge in [-0.25, -0.2) is 5.90 Å². The topological polar surface area (TPSA) is 53.7 Å². The Balaban J connectivity index is 2.42. The summed E-state index contributed by atoms with van der Waals surface area (Å²) in [4.78, 5) is 4.68. The van der Waals surface area contributed by atoms with Crippen molar-refractivity contribution in [1.29, 1.82) is 0 Å². The van der Waals surface area contributed by atoms with E-state index in [-0.39, 0.29) is 11.7 Å². The second-order valence-corrected chi connectivity index (χ2v) is 3.42. The Bertz CT molecular complexity index is 142. The van der Waals surface area contributed by atoms with E-state index in [4.69, 9.17) is 15.4 Å². The average molecular weight is 189 g/mol. The molecule has 1 aliphatic rings. The van der Waals surface area contributed by atoms with Crippen molar-refractivity contribution >= 4 is 0 Å². The summed E-state index contributed by atoms with van der Waals surface area (Å²) < 4.78 is 11.0. The lowest BCUT2D eigenvalue weighted by Crippen LogP contribution is -2.33. The minimum Gasteiger partial charge on any atom is -0.352 e. The van der Waals surface area contributed by atoms with Crippen molar-refractivity contribution < 1.29 is 14.3 Å². The predicted octanol–water partition coefficient (Wildman–Crippen LogP) is 1.06. The van der Waals surface area contributed by atoms with Crippen LogP contribution in [0.15, 0.2) is 0 Å². The molecule has 2 N–H and O–H groups in total. The van der Waals surface area contributed by atoms with Crippen LogP contribution in [0.5, 0.6) is 0 Å². The van der Waals surface area contributed by atoms with Gasteiger partial charge in [-0.2, -0.15) is 0 Å². The number of hydrogen-bond donors (Lipinski definition) is 1. The molecule has 13 heavy (non-hydrogen) atoms. The lowest BCUT2D eigenvalue weighted by atomic mass is 10.1. The van der Waals surface area contributed by atoms with Crippen LogP contribution in [0.25, 0.3) is 0 Å². The van der Waals surface area contributed by atoms with Gasteiger partial charge in [0.25, 0.3) is 0 Å². The minimum atomic E-state index is -0.147. The summed E-state index contributed by atoms with van der Waals surface area (Å²) in [5, 5.41) is 0. The van der Waals surface area contributed by atoms with Crippen molar-refractivity contribution in [1.82, 2.24) is 0 Å². The minimum absolute atomic E-state index is 0.0285. The molecular formula is C9H19NO3. The fourth-order valence-electron chi connectivity index (χ4n) is 1.48. The molecule has 0 saturated heterocycles. The molecule has 0 heterocycles. The van der Waals surface area contributed by atoms with E-state index in [1.165, 1.54) is 0 Å². The molecule has 1 saturated carbocycles. The van der Waals surface area contributed by atoms with E-state index in [0.29, 0.717) is 19.8 Å². The van der Waals surface area contributed by atoms with Crippen LogP contribution in [0.2, 0.25) is 0 Å². The fourth-order valence-corrected chi connectivity index (χ4v) is 1.48. The summed E-state index contributed by atoms with van der Waals surface area (Å²) in [5.41, 5.74) is 0.0285. The first-order valence-electron chi connectivity index (χ1n) is 4.84. The summed E-state index contributed by atoms with van der Waals surface area (Å²) in [6.07, 6.45) is 2.01. The molecule has 1 aliphatic carbocycles. The van der Waals surface area contributed by atoms with Crippen molar-refractivity contribution in [3.63, 3.8) is 0 Å². The highest BCUT2D eigenvalue weighted by Gasteiger charge is 2.51. The number of hydrogen-bond acceptors (Lipinski definition) is 4. The maximum atomic E-state index is 5.50. The molecule has 0 aromatic carbocycles. The van der Waals surface area contributed by atoms with Crippen LogP contribution in [-0.4, -0.2) is 26.1 Å². The highest BCUT2D eigenvalue weighted by Crippen LogP contribution is 2.50. The molecule has 1 rings (SSSR count). The number of rotatable bonds is 7. The second kappa shape index (κ2) is 4.91. The van der Waals surface area contributed by atoms with Gasteiger partial charge in [0, 0.05) is 18.6 Å². The van der Waals surface area contributed by atoms with Gasteiger partial charge in [0.2, 0.25) is 0 Å². The zero-order chi connectivity index (χ0) is 9.73. The maximum absolute atomic E-state index is 5.50. The van der Waals surface area contributed by atoms with E-state index in [1.54, 1.807) is 0 Å². The molecule has 0 aliphatic heterocycles. The smallest absolute Gasteiger partial charge is 0.165 e. The van der Waals surface area contributed by atoms with E-state index in [2.05, 4.69) is 4.84 Å². The van der Waals surface area contributed by atoms with E-state index in [0.717, 1.165) is 12.8 Å². The molecule has 0 unspecified atom stereocenters. The van der Waals surface area contributed by atoms with E-state index in [1.807, 2.05) is 13.8 Å². The maximum Gasteiger partial charge on any atom is 0.165 e. The highest BCUT2D eigenvalue weighted by molar-refractivity contribution is 4.96. The predicted molar refractivity (Wildman–Crippen MR) is 48.8 cm³/mol. The first-order valence-corrected chi connectivity index (χ1v) is 4.84. The third kappa shape index (κ3) is 2.64. The van der Waals surface area contributed by atoms with Gasteiger partial charge in [0.1, 0.15) is 0 Å². The molecule has 0 bridgehead atoms. The number of nitrogens with two attached hydrogens (primary N) is 1. The van der Waals surface area contributed by atoms with Crippen LogP contribution in [0.1, 0.15) is 26.7 Å². The van der Waals surface area contributed by atoms with Crippen LogP contribution in [0.3, 0.4) is 0 Å². The largest absolute Gasteiger partial charge is 0.352 e. The van der Waals surface area contributed by atoms with Crippen LogP contribution in [-0.2, 0) is 14.3 Å². The Hall–Kier alpha value is -0.160. The Morgan fingerprint density at radius 3 is 2.08 bits per heavy atom. The Labute approximate surface area is 79.3 Å². The van der Waals surface area contributed by atoms with Gasteiger partial charge in [-0.1, -0.05) is 0 Å². The van der Waals surface area contributed by atoms with Gasteiger partial charge < -0.3 is 14.3 Å². The van der Waals surface area contributed by atoms with Crippen molar-refractivity contribution in [2.24, 2.45) is 11.3 Å². The average Bonchev–Trinajstić information content (AvgIpc) is 2.86. The lowest BCUT2D eigenvalue weighted by molar-refractivity contribution is -0.187. The SMILES string of the molecule is CCOC(OCC)C1(CON)CC1. The van der Waals surface area contributed by atoms with Gasteiger partial charge in [0.15, 0.2) is 6.29 Å². The molecule has 0 aromatic rings. The molecule has 0 atom stereocenters. The third-order valence-corrected chi connectivity index (χ3v) is 2.40. The molecular weight excluding hydrogens is 170 g/mol. The van der Waals surface area contributed by atoms with E-state index in [9.17, 15) is 0 Å². The summed E-state index contributed by atoms with van der Waals surface area (Å²) in [7, 11) is 0. The molecule has 0 amide bonds. The fraction of sp³-hybridized carbons (Fsp3) is 1.00. The molecule has 4 heteroatoms. The normalized spacial score (nSPS) is 19.4. The van der Waals surface area contributed by atoms with Gasteiger partial charge >= 0.3 is 0 Å². The monoisotopic (exact) mass is 189 g/mol. The molecule has 0 spiro atoms. The van der Waals surface area contributed by atoms with Crippen molar-refractivity contribution in [3.8, 4) is 0 Å². The second-order valence-electron chi connectivity index (χ2n) is 3.42. The van der Waals surface area contributed by atoms with Gasteiger partial charge in [0.05, 0.1) is 6.61 Å². The first kappa shape index (κ1) is 10.9. The Morgan fingerprint density at radius 1 is 1.23 bits per heavy atom. The molecule has 0 radical (unpaired) electrons. The van der Waals surface area contributed by atoms with Crippen molar-refractivity contribution in [2.75, 3.05) is 19.8 Å². The Morgan fingerprint density at radius 2 is 1.77 bits per heavy atom. The first-order chi connectivity index (χ1) is 6.29. The highest BCUT2D eigenvalue weighted by atomic mass is 16.7. The molecule has 0 aromatic heterocycles. The zero-order valence-electron chi connectivity index (χ0n) is 8.41. The van der Waals surface area contributed by atoms with Crippen LogP contribution in [0.4, 0.5) is 0 Å². The summed E-state index contributed by atoms with van der Waals surface area (Å²) >= 11 is 0. The van der Waals surface area contributed by atoms with Gasteiger partial charge in [-0.15, -0.1) is 0 Å². The Kier molecular flexibility index (Phi) is 4.12. The quantitative estimate of drug-likeness (QED) is 0.480. The standard InChI is InChI=1S/C9H19NO3/c1-3-11-8(12-4-2)9(5-6-9)7-13-10/h8H,3-7,10H2,1-2H3. The third-order valence-electron chi connectivity index (χ3n) is 2.40. The number of ether oxygens (including phenoxy) is 2. The van der Waals surface area contributed by atoms with Crippen LogP contribution >= 0.6 is 0 Å². The van der Waals surface area contributed by atoms with Crippen molar-refractivity contribution in [2.45, 2.75) is 33.0 Å².